The average molecular weight is 290 g/mol. The third-order valence-corrected chi connectivity index (χ3v) is 4.89. The summed E-state index contributed by atoms with van der Waals surface area (Å²) < 4.78 is 26.4. The number of sulfonamides is 1. The van der Waals surface area contributed by atoms with E-state index in [9.17, 15) is 8.42 Å². The van der Waals surface area contributed by atoms with E-state index in [4.69, 9.17) is 11.6 Å². The fourth-order valence-electron chi connectivity index (χ4n) is 1.12. The molecule has 0 unspecified atom stereocenters. The van der Waals surface area contributed by atoms with Crippen molar-refractivity contribution in [2.75, 3.05) is 0 Å². The van der Waals surface area contributed by atoms with Gasteiger partial charge in [-0.2, -0.15) is 0 Å². The van der Waals surface area contributed by atoms with Gasteiger partial charge >= 0.3 is 0 Å². The number of nitrogens with one attached hydrogen (secondary N) is 1. The van der Waals surface area contributed by atoms with E-state index in [2.05, 4.69) is 14.7 Å². The molecular weight excluding hydrogens is 282 g/mol. The van der Waals surface area contributed by atoms with Gasteiger partial charge in [0.15, 0.2) is 8.68 Å². The zero-order chi connectivity index (χ0) is 12.3. The Morgan fingerprint density at radius 1 is 1.41 bits per heavy atom. The maximum Gasteiger partial charge on any atom is 0.252 e. The second-order valence-electron chi connectivity index (χ2n) is 3.12. The molecule has 8 heteroatoms. The molecule has 0 saturated carbocycles. The molecule has 0 aliphatic heterocycles. The molecular formula is C9H8ClN3O2S2. The molecule has 2 rings (SSSR count). The molecule has 2 aromatic rings. The monoisotopic (exact) mass is 289 g/mol. The third-order valence-electron chi connectivity index (χ3n) is 1.91. The second kappa shape index (κ2) is 5.09. The van der Waals surface area contributed by atoms with Crippen molar-refractivity contribution in [1.29, 1.82) is 0 Å². The van der Waals surface area contributed by atoms with Crippen LogP contribution in [0.5, 0.6) is 0 Å². The fourth-order valence-corrected chi connectivity index (χ4v) is 3.47. The van der Waals surface area contributed by atoms with E-state index >= 15 is 0 Å². The van der Waals surface area contributed by atoms with E-state index < -0.39 is 10.0 Å². The van der Waals surface area contributed by atoms with Crippen LogP contribution in [0.3, 0.4) is 0 Å². The lowest BCUT2D eigenvalue weighted by atomic mass is 10.3. The molecule has 2 heterocycles. The number of aromatic nitrogens is 2. The van der Waals surface area contributed by atoms with E-state index in [0.717, 1.165) is 16.9 Å². The Morgan fingerprint density at radius 2 is 2.24 bits per heavy atom. The quantitative estimate of drug-likeness (QED) is 0.929. The van der Waals surface area contributed by atoms with Crippen molar-refractivity contribution in [1.82, 2.24) is 14.7 Å². The Kier molecular flexibility index (Phi) is 3.72. The predicted molar refractivity (Wildman–Crippen MR) is 65.4 cm³/mol. The van der Waals surface area contributed by atoms with Crippen LogP contribution in [0.25, 0.3) is 0 Å². The Labute approximate surface area is 108 Å². The molecule has 0 spiro atoms. The van der Waals surface area contributed by atoms with Gasteiger partial charge < -0.3 is 0 Å². The highest BCUT2D eigenvalue weighted by molar-refractivity contribution is 7.91. The highest BCUT2D eigenvalue weighted by Crippen LogP contribution is 2.22. The normalized spacial score (nSPS) is 11.6. The number of pyridine rings is 1. The number of hydrogen-bond donors (Lipinski definition) is 1. The summed E-state index contributed by atoms with van der Waals surface area (Å²) in [5, 5.41) is 0. The zero-order valence-electron chi connectivity index (χ0n) is 8.50. The maximum atomic E-state index is 11.8. The van der Waals surface area contributed by atoms with E-state index in [1.807, 2.05) is 0 Å². The van der Waals surface area contributed by atoms with E-state index in [1.165, 1.54) is 6.20 Å². The lowest BCUT2D eigenvalue weighted by Gasteiger charge is -2.03. The Hall–Kier alpha value is -1.02. The van der Waals surface area contributed by atoms with Crippen LogP contribution in [0.4, 0.5) is 0 Å². The molecule has 90 valence electrons. The van der Waals surface area contributed by atoms with Gasteiger partial charge in [0.2, 0.25) is 0 Å². The van der Waals surface area contributed by atoms with Crippen LogP contribution in [0, 0.1) is 0 Å². The molecule has 0 aromatic carbocycles. The van der Waals surface area contributed by atoms with Gasteiger partial charge in [0.05, 0.1) is 6.20 Å². The molecule has 17 heavy (non-hydrogen) atoms. The van der Waals surface area contributed by atoms with Crippen molar-refractivity contribution in [3.05, 3.63) is 40.8 Å². The first kappa shape index (κ1) is 12.4. The largest absolute Gasteiger partial charge is 0.264 e. The van der Waals surface area contributed by atoms with Gasteiger partial charge in [-0.3, -0.25) is 4.98 Å². The first-order valence-electron chi connectivity index (χ1n) is 4.58. The summed E-state index contributed by atoms with van der Waals surface area (Å²) in [6.07, 6.45) is 4.46. The summed E-state index contributed by atoms with van der Waals surface area (Å²) in [6, 6.07) is 3.53. The van der Waals surface area contributed by atoms with Gasteiger partial charge in [0, 0.05) is 18.9 Å². The Bertz CT molecular complexity index is 598. The van der Waals surface area contributed by atoms with Gasteiger partial charge in [-0.25, -0.2) is 18.1 Å². The summed E-state index contributed by atoms with van der Waals surface area (Å²) in [4.78, 5) is 7.59. The highest BCUT2D eigenvalue weighted by atomic mass is 35.5. The molecule has 0 atom stereocenters. The summed E-state index contributed by atoms with van der Waals surface area (Å²) in [5.74, 6) is 0. The Balaban J connectivity index is 2.09. The first-order chi connectivity index (χ1) is 8.08. The van der Waals surface area contributed by atoms with Crippen LogP contribution in [0.2, 0.25) is 4.47 Å². The summed E-state index contributed by atoms with van der Waals surface area (Å²) >= 11 is 6.51. The number of rotatable bonds is 4. The maximum absolute atomic E-state index is 11.8. The van der Waals surface area contributed by atoms with Gasteiger partial charge in [0.25, 0.3) is 10.0 Å². The van der Waals surface area contributed by atoms with Gasteiger partial charge in [-0.05, 0) is 11.6 Å². The van der Waals surface area contributed by atoms with Crippen LogP contribution in [-0.4, -0.2) is 18.4 Å². The fraction of sp³-hybridized carbons (Fsp3) is 0.111. The standard InChI is InChI=1S/C9H8ClN3O2S2/c10-9-12-6-8(16-9)17(14,15)13-5-7-2-1-3-11-4-7/h1-4,6,13H,5H2. The minimum Gasteiger partial charge on any atom is -0.264 e. The average Bonchev–Trinajstić information content (AvgIpc) is 2.76. The van der Waals surface area contributed by atoms with E-state index in [-0.39, 0.29) is 15.2 Å². The first-order valence-corrected chi connectivity index (χ1v) is 7.25. The molecule has 0 bridgehead atoms. The van der Waals surface area contributed by atoms with Crippen LogP contribution in [-0.2, 0) is 16.6 Å². The van der Waals surface area contributed by atoms with Gasteiger partial charge in [-0.15, -0.1) is 0 Å². The molecule has 0 amide bonds. The van der Waals surface area contributed by atoms with Crippen LogP contribution in [0.1, 0.15) is 5.56 Å². The van der Waals surface area contributed by atoms with Crippen molar-refractivity contribution < 1.29 is 8.42 Å². The van der Waals surface area contributed by atoms with Crippen LogP contribution < -0.4 is 4.72 Å². The SMILES string of the molecule is O=S(=O)(NCc1cccnc1)c1cnc(Cl)s1. The third kappa shape index (κ3) is 3.22. The predicted octanol–water partition coefficient (Wildman–Crippen LogP) is 1.67. The van der Waals surface area contributed by atoms with Gasteiger partial charge in [-0.1, -0.05) is 29.0 Å². The number of hydrogen-bond acceptors (Lipinski definition) is 5. The lowest BCUT2D eigenvalue weighted by Crippen LogP contribution is -2.22. The molecule has 0 fully saturated rings. The summed E-state index contributed by atoms with van der Waals surface area (Å²) in [5.41, 5.74) is 0.784. The smallest absolute Gasteiger partial charge is 0.252 e. The van der Waals surface area contributed by atoms with E-state index in [1.54, 1.807) is 24.5 Å². The number of thiazole rings is 1. The molecule has 1 N–H and O–H groups in total. The van der Waals surface area contributed by atoms with Crippen molar-refractivity contribution in [2.24, 2.45) is 0 Å². The van der Waals surface area contributed by atoms with Crippen molar-refractivity contribution >= 4 is 33.0 Å². The Morgan fingerprint density at radius 3 is 2.82 bits per heavy atom. The zero-order valence-corrected chi connectivity index (χ0v) is 10.9. The lowest BCUT2D eigenvalue weighted by molar-refractivity contribution is 0.583. The number of halogens is 1. The van der Waals surface area contributed by atoms with Crippen LogP contribution >= 0.6 is 22.9 Å². The van der Waals surface area contributed by atoms with Crippen molar-refractivity contribution in [3.63, 3.8) is 0 Å². The van der Waals surface area contributed by atoms with Crippen molar-refractivity contribution in [3.8, 4) is 0 Å². The van der Waals surface area contributed by atoms with Crippen molar-refractivity contribution in [2.45, 2.75) is 10.8 Å². The summed E-state index contributed by atoms with van der Waals surface area (Å²) in [7, 11) is -3.54. The van der Waals surface area contributed by atoms with Gasteiger partial charge in [0.1, 0.15) is 0 Å². The van der Waals surface area contributed by atoms with E-state index in [0.29, 0.717) is 0 Å². The topological polar surface area (TPSA) is 72.0 Å². The minimum absolute atomic E-state index is 0.103. The second-order valence-corrected chi connectivity index (χ2v) is 6.72. The van der Waals surface area contributed by atoms with Crippen LogP contribution in [0.15, 0.2) is 34.9 Å². The molecule has 0 aliphatic rings. The summed E-state index contributed by atoms with van der Waals surface area (Å²) in [6.45, 7) is 0.186. The molecule has 0 aliphatic carbocycles. The minimum atomic E-state index is -3.54. The molecule has 2 aromatic heterocycles. The molecule has 0 saturated heterocycles. The highest BCUT2D eigenvalue weighted by Gasteiger charge is 2.16. The number of nitrogens with zero attached hydrogens (tertiary/aromatic N) is 2. The molecule has 5 nitrogen and oxygen atoms in total. The molecule has 0 radical (unpaired) electrons.